The third kappa shape index (κ3) is 7.03. The van der Waals surface area contributed by atoms with Crippen molar-refractivity contribution in [2.45, 2.75) is 77.9 Å². The lowest BCUT2D eigenvalue weighted by molar-refractivity contribution is -0.137. The van der Waals surface area contributed by atoms with Crippen LogP contribution in [0.15, 0.2) is 66.7 Å². The first-order valence-corrected chi connectivity index (χ1v) is 13.8. The van der Waals surface area contributed by atoms with E-state index in [1.807, 2.05) is 24.3 Å². The van der Waals surface area contributed by atoms with Crippen LogP contribution in [-0.2, 0) is 37.0 Å². The smallest absolute Gasteiger partial charge is 0.305 e. The minimum Gasteiger partial charge on any atom is -0.487 e. The number of hydrogen-bond donors (Lipinski definition) is 1. The number of carboxylic acid groups (broad SMARTS) is 1. The molecule has 5 heteroatoms. The number of carbonyl (C=O) groups is 2. The molecule has 3 aromatic rings. The van der Waals surface area contributed by atoms with Crippen molar-refractivity contribution in [3.63, 3.8) is 0 Å². The highest BCUT2D eigenvalue weighted by atomic mass is 16.5. The number of ether oxygens (including phenoxy) is 1. The number of nitrogens with zero attached hydrogens (tertiary/aromatic N) is 1. The summed E-state index contributed by atoms with van der Waals surface area (Å²) in [6, 6.07) is 22.6. The summed E-state index contributed by atoms with van der Waals surface area (Å²) in [5.41, 5.74) is 6.03. The molecule has 5 nitrogen and oxygen atoms in total. The molecule has 0 fully saturated rings. The summed E-state index contributed by atoms with van der Waals surface area (Å²) in [5.74, 6) is -0.260. The van der Waals surface area contributed by atoms with Crippen molar-refractivity contribution in [3.8, 4) is 5.75 Å². The molecule has 0 bridgehead atoms. The zero-order valence-electron chi connectivity index (χ0n) is 22.8. The van der Waals surface area contributed by atoms with Gasteiger partial charge in [0, 0.05) is 31.5 Å². The van der Waals surface area contributed by atoms with Crippen LogP contribution < -0.4 is 4.74 Å². The van der Waals surface area contributed by atoms with Gasteiger partial charge in [0.05, 0.1) is 6.42 Å². The second-order valence-electron chi connectivity index (χ2n) is 10.7. The Kier molecular flexibility index (Phi) is 8.88. The first-order valence-electron chi connectivity index (χ1n) is 13.8. The third-order valence-electron chi connectivity index (χ3n) is 7.34. The van der Waals surface area contributed by atoms with Gasteiger partial charge in [-0.1, -0.05) is 68.8 Å². The second-order valence-corrected chi connectivity index (χ2v) is 10.7. The van der Waals surface area contributed by atoms with E-state index < -0.39 is 5.97 Å². The number of amides is 1. The van der Waals surface area contributed by atoms with E-state index in [9.17, 15) is 14.7 Å². The average molecular weight is 514 g/mol. The van der Waals surface area contributed by atoms with Crippen LogP contribution in [0.2, 0.25) is 0 Å². The SMILES string of the molecule is CCCCc1ccc(CN(CCC(=O)O)C(=O)c2ccc3c(c2)CC(C)(Cc2ccc(CC)cc2)O3)cc1. The summed E-state index contributed by atoms with van der Waals surface area (Å²) < 4.78 is 6.36. The molecule has 1 unspecified atom stereocenters. The molecule has 1 heterocycles. The van der Waals surface area contributed by atoms with Crippen molar-refractivity contribution in [2.75, 3.05) is 6.54 Å². The predicted molar refractivity (Wildman–Crippen MR) is 151 cm³/mol. The van der Waals surface area contributed by atoms with Crippen molar-refractivity contribution < 1.29 is 19.4 Å². The van der Waals surface area contributed by atoms with E-state index in [1.54, 1.807) is 11.0 Å². The maximum Gasteiger partial charge on any atom is 0.305 e. The molecule has 38 heavy (non-hydrogen) atoms. The first-order chi connectivity index (χ1) is 18.3. The fourth-order valence-electron chi connectivity index (χ4n) is 5.16. The number of hydrogen-bond acceptors (Lipinski definition) is 3. The lowest BCUT2D eigenvalue weighted by Gasteiger charge is -2.24. The summed E-state index contributed by atoms with van der Waals surface area (Å²) in [4.78, 5) is 26.5. The van der Waals surface area contributed by atoms with Gasteiger partial charge < -0.3 is 14.7 Å². The Morgan fingerprint density at radius 1 is 0.921 bits per heavy atom. The Balaban J connectivity index is 1.47. The number of carbonyl (C=O) groups excluding carboxylic acids is 1. The van der Waals surface area contributed by atoms with Crippen LogP contribution in [0.3, 0.4) is 0 Å². The summed E-state index contributed by atoms with van der Waals surface area (Å²) in [7, 11) is 0. The van der Waals surface area contributed by atoms with Gasteiger partial charge in [-0.05, 0) is 72.2 Å². The summed E-state index contributed by atoms with van der Waals surface area (Å²) in [6.45, 7) is 6.98. The number of aliphatic carboxylic acids is 1. The van der Waals surface area contributed by atoms with Crippen LogP contribution in [-0.4, -0.2) is 34.0 Å². The molecule has 1 aliphatic rings. The highest BCUT2D eigenvalue weighted by Gasteiger charge is 2.35. The van der Waals surface area contributed by atoms with Crippen LogP contribution >= 0.6 is 0 Å². The highest BCUT2D eigenvalue weighted by Crippen LogP contribution is 2.37. The van der Waals surface area contributed by atoms with Crippen LogP contribution in [0.4, 0.5) is 0 Å². The standard InChI is InChI=1S/C33H39NO4/c1-4-6-7-25-10-14-27(15-11-25)23-34(19-18-31(35)36)32(37)28-16-17-30-29(20-28)22-33(3,38-30)21-26-12-8-24(5-2)9-13-26/h8-17,20H,4-7,18-19,21-23H2,1-3H3,(H,35,36). The number of benzene rings is 3. The molecular formula is C33H39NO4. The first kappa shape index (κ1) is 27.4. The topological polar surface area (TPSA) is 66.8 Å². The predicted octanol–water partition coefficient (Wildman–Crippen LogP) is 6.65. The minimum atomic E-state index is -0.914. The molecule has 0 radical (unpaired) electrons. The van der Waals surface area contributed by atoms with Gasteiger partial charge in [0.1, 0.15) is 11.4 Å². The van der Waals surface area contributed by atoms with Gasteiger partial charge in [0.15, 0.2) is 0 Å². The second kappa shape index (κ2) is 12.3. The van der Waals surface area contributed by atoms with Gasteiger partial charge in [-0.15, -0.1) is 0 Å². The Hall–Kier alpha value is -3.60. The Bertz CT molecular complexity index is 1250. The van der Waals surface area contributed by atoms with Gasteiger partial charge in [0.25, 0.3) is 5.91 Å². The summed E-state index contributed by atoms with van der Waals surface area (Å²) in [5, 5.41) is 9.28. The lowest BCUT2D eigenvalue weighted by Crippen LogP contribution is -2.33. The molecule has 1 N–H and O–H groups in total. The van der Waals surface area contributed by atoms with Crippen LogP contribution in [0.25, 0.3) is 0 Å². The maximum atomic E-state index is 13.6. The quantitative estimate of drug-likeness (QED) is 0.295. The van der Waals surface area contributed by atoms with Crippen LogP contribution in [0.1, 0.15) is 78.2 Å². The van der Waals surface area contributed by atoms with Gasteiger partial charge in [-0.25, -0.2) is 0 Å². The number of aryl methyl sites for hydroxylation is 2. The van der Waals surface area contributed by atoms with E-state index in [2.05, 4.69) is 57.2 Å². The summed E-state index contributed by atoms with van der Waals surface area (Å²) >= 11 is 0. The van der Waals surface area contributed by atoms with Gasteiger partial charge >= 0.3 is 5.97 Å². The van der Waals surface area contributed by atoms with E-state index in [4.69, 9.17) is 4.74 Å². The summed E-state index contributed by atoms with van der Waals surface area (Å²) in [6.07, 6.45) is 5.76. The highest BCUT2D eigenvalue weighted by molar-refractivity contribution is 5.95. The zero-order valence-corrected chi connectivity index (χ0v) is 22.8. The minimum absolute atomic E-state index is 0.0940. The van der Waals surface area contributed by atoms with Crippen LogP contribution in [0.5, 0.6) is 5.75 Å². The van der Waals surface area contributed by atoms with E-state index in [1.165, 1.54) is 16.7 Å². The molecule has 4 rings (SSSR count). The molecule has 1 aliphatic heterocycles. The molecule has 1 atom stereocenters. The maximum absolute atomic E-state index is 13.6. The van der Waals surface area contributed by atoms with Crippen molar-refractivity contribution in [2.24, 2.45) is 0 Å². The van der Waals surface area contributed by atoms with E-state index in [0.29, 0.717) is 18.5 Å². The fraction of sp³-hybridized carbons (Fsp3) is 0.394. The molecule has 0 spiro atoms. The average Bonchev–Trinajstić information content (AvgIpc) is 3.25. The lowest BCUT2D eigenvalue weighted by atomic mass is 9.91. The Morgan fingerprint density at radius 3 is 2.24 bits per heavy atom. The monoisotopic (exact) mass is 513 g/mol. The van der Waals surface area contributed by atoms with Crippen LogP contribution in [0, 0.1) is 0 Å². The van der Waals surface area contributed by atoms with Gasteiger partial charge in [-0.3, -0.25) is 9.59 Å². The number of unbranched alkanes of at least 4 members (excludes halogenated alkanes) is 1. The van der Waals surface area contributed by atoms with Gasteiger partial charge in [-0.2, -0.15) is 0 Å². The Morgan fingerprint density at radius 2 is 1.58 bits per heavy atom. The third-order valence-corrected chi connectivity index (χ3v) is 7.34. The molecular weight excluding hydrogens is 474 g/mol. The molecule has 0 saturated carbocycles. The molecule has 0 aromatic heterocycles. The molecule has 0 aliphatic carbocycles. The van der Waals surface area contributed by atoms with Crippen molar-refractivity contribution in [3.05, 3.63) is 100 Å². The van der Waals surface area contributed by atoms with Crippen molar-refractivity contribution in [1.82, 2.24) is 4.90 Å². The van der Waals surface area contributed by atoms with E-state index in [0.717, 1.165) is 49.0 Å². The van der Waals surface area contributed by atoms with E-state index >= 15 is 0 Å². The molecule has 1 amide bonds. The Labute approximate surface area is 226 Å². The normalized spacial score (nSPS) is 16.1. The van der Waals surface area contributed by atoms with Gasteiger partial charge in [0.2, 0.25) is 0 Å². The number of rotatable bonds is 12. The number of carboxylic acids is 1. The number of fused-ring (bicyclic) bond motifs is 1. The van der Waals surface area contributed by atoms with Crippen molar-refractivity contribution in [1.29, 1.82) is 0 Å². The molecule has 3 aromatic carbocycles. The molecule has 0 saturated heterocycles. The van der Waals surface area contributed by atoms with Crippen molar-refractivity contribution >= 4 is 11.9 Å². The molecule has 200 valence electrons. The fourth-order valence-corrected chi connectivity index (χ4v) is 5.16. The van der Waals surface area contributed by atoms with E-state index in [-0.39, 0.29) is 24.5 Å². The largest absolute Gasteiger partial charge is 0.487 e. The zero-order chi connectivity index (χ0) is 27.1.